The standard InChI is InChI=1S/C13H20OS/c1-2-10-4-3-5-11(8-10)13(14)12-6-7-15-9-12/h6-7,9-11,13-14H,2-5,8H2,1H3. The van der Waals surface area contributed by atoms with Gasteiger partial charge >= 0.3 is 0 Å². The lowest BCUT2D eigenvalue weighted by Gasteiger charge is -2.31. The molecule has 2 rings (SSSR count). The normalized spacial score (nSPS) is 28.9. The molecule has 84 valence electrons. The number of hydrogen-bond donors (Lipinski definition) is 1. The zero-order valence-electron chi connectivity index (χ0n) is 9.36. The summed E-state index contributed by atoms with van der Waals surface area (Å²) in [6.45, 7) is 2.27. The van der Waals surface area contributed by atoms with E-state index in [9.17, 15) is 5.11 Å². The van der Waals surface area contributed by atoms with Crippen molar-refractivity contribution in [1.82, 2.24) is 0 Å². The van der Waals surface area contributed by atoms with Crippen molar-refractivity contribution in [3.8, 4) is 0 Å². The molecule has 3 atom stereocenters. The van der Waals surface area contributed by atoms with Gasteiger partial charge in [0.25, 0.3) is 0 Å². The smallest absolute Gasteiger partial charge is 0.0826 e. The van der Waals surface area contributed by atoms with Gasteiger partial charge in [0.15, 0.2) is 0 Å². The molecule has 15 heavy (non-hydrogen) atoms. The van der Waals surface area contributed by atoms with Crippen LogP contribution in [-0.4, -0.2) is 5.11 Å². The van der Waals surface area contributed by atoms with Gasteiger partial charge in [-0.3, -0.25) is 0 Å². The highest BCUT2D eigenvalue weighted by Gasteiger charge is 2.27. The van der Waals surface area contributed by atoms with Crippen molar-refractivity contribution in [3.05, 3.63) is 22.4 Å². The SMILES string of the molecule is CCC1CCCC(C(O)c2ccsc2)C1. The van der Waals surface area contributed by atoms with Crippen LogP contribution in [0.25, 0.3) is 0 Å². The molecule has 1 saturated carbocycles. The lowest BCUT2D eigenvalue weighted by Crippen LogP contribution is -2.20. The number of hydrogen-bond acceptors (Lipinski definition) is 2. The van der Waals surface area contributed by atoms with Gasteiger partial charge in [-0.1, -0.05) is 26.2 Å². The second-order valence-electron chi connectivity index (χ2n) is 4.70. The minimum atomic E-state index is -0.217. The van der Waals surface area contributed by atoms with Gasteiger partial charge in [-0.2, -0.15) is 11.3 Å². The summed E-state index contributed by atoms with van der Waals surface area (Å²) >= 11 is 1.68. The third-order valence-electron chi connectivity index (χ3n) is 3.73. The van der Waals surface area contributed by atoms with Crippen molar-refractivity contribution in [1.29, 1.82) is 0 Å². The van der Waals surface area contributed by atoms with E-state index < -0.39 is 0 Å². The molecule has 0 bridgehead atoms. The molecule has 1 aliphatic rings. The lowest BCUT2D eigenvalue weighted by atomic mass is 9.76. The van der Waals surface area contributed by atoms with E-state index in [0.717, 1.165) is 11.5 Å². The van der Waals surface area contributed by atoms with Crippen molar-refractivity contribution in [2.45, 2.75) is 45.1 Å². The van der Waals surface area contributed by atoms with Gasteiger partial charge in [0.2, 0.25) is 0 Å². The van der Waals surface area contributed by atoms with E-state index in [1.165, 1.54) is 32.1 Å². The van der Waals surface area contributed by atoms with Crippen LogP contribution in [0.15, 0.2) is 16.8 Å². The minimum Gasteiger partial charge on any atom is -0.388 e. The zero-order chi connectivity index (χ0) is 10.7. The van der Waals surface area contributed by atoms with Gasteiger partial charge < -0.3 is 5.11 Å². The molecule has 0 aromatic carbocycles. The van der Waals surface area contributed by atoms with Crippen molar-refractivity contribution in [2.24, 2.45) is 11.8 Å². The predicted molar refractivity (Wildman–Crippen MR) is 65.0 cm³/mol. The van der Waals surface area contributed by atoms with Crippen LogP contribution < -0.4 is 0 Å². The number of thiophene rings is 1. The second-order valence-corrected chi connectivity index (χ2v) is 5.48. The van der Waals surface area contributed by atoms with E-state index >= 15 is 0 Å². The van der Waals surface area contributed by atoms with Crippen LogP contribution in [0.1, 0.15) is 50.7 Å². The molecule has 0 saturated heterocycles. The molecule has 1 heterocycles. The average molecular weight is 224 g/mol. The maximum atomic E-state index is 10.3. The van der Waals surface area contributed by atoms with E-state index in [1.807, 2.05) is 0 Å². The van der Waals surface area contributed by atoms with Gasteiger partial charge in [-0.15, -0.1) is 0 Å². The van der Waals surface area contributed by atoms with Crippen LogP contribution in [0, 0.1) is 11.8 Å². The number of rotatable bonds is 3. The molecule has 1 aromatic heterocycles. The fourth-order valence-corrected chi connectivity index (χ4v) is 3.39. The Balaban J connectivity index is 1.98. The van der Waals surface area contributed by atoms with Crippen molar-refractivity contribution >= 4 is 11.3 Å². The third kappa shape index (κ3) is 2.61. The van der Waals surface area contributed by atoms with E-state index in [-0.39, 0.29) is 6.10 Å². The maximum Gasteiger partial charge on any atom is 0.0826 e. The van der Waals surface area contributed by atoms with Crippen molar-refractivity contribution in [3.63, 3.8) is 0 Å². The van der Waals surface area contributed by atoms with Crippen LogP contribution in [-0.2, 0) is 0 Å². The fraction of sp³-hybridized carbons (Fsp3) is 0.692. The Morgan fingerprint density at radius 3 is 3.07 bits per heavy atom. The minimum absolute atomic E-state index is 0.217. The molecule has 2 heteroatoms. The summed E-state index contributed by atoms with van der Waals surface area (Å²) in [6.07, 6.45) is 6.13. The Morgan fingerprint density at radius 1 is 1.53 bits per heavy atom. The zero-order valence-corrected chi connectivity index (χ0v) is 10.2. The molecule has 1 aromatic rings. The molecule has 1 fully saturated rings. The van der Waals surface area contributed by atoms with Crippen LogP contribution in [0.2, 0.25) is 0 Å². The van der Waals surface area contributed by atoms with Crippen LogP contribution >= 0.6 is 11.3 Å². The Morgan fingerprint density at radius 2 is 2.40 bits per heavy atom. The molecule has 1 nitrogen and oxygen atoms in total. The fourth-order valence-electron chi connectivity index (χ4n) is 2.71. The Hall–Kier alpha value is -0.340. The first kappa shape index (κ1) is 11.2. The molecular formula is C13H20OS. The molecule has 1 N–H and O–H groups in total. The van der Waals surface area contributed by atoms with Gasteiger partial charge in [-0.05, 0) is 47.1 Å². The van der Waals surface area contributed by atoms with Crippen molar-refractivity contribution in [2.75, 3.05) is 0 Å². The summed E-state index contributed by atoms with van der Waals surface area (Å²) in [5.41, 5.74) is 1.13. The molecule has 0 aliphatic heterocycles. The lowest BCUT2D eigenvalue weighted by molar-refractivity contribution is 0.0681. The second kappa shape index (κ2) is 5.13. The van der Waals surface area contributed by atoms with Gasteiger partial charge in [0, 0.05) is 0 Å². The number of aliphatic hydroxyl groups excluding tert-OH is 1. The summed E-state index contributed by atoms with van der Waals surface area (Å²) in [4.78, 5) is 0. The van der Waals surface area contributed by atoms with Crippen LogP contribution in [0.3, 0.4) is 0 Å². The summed E-state index contributed by atoms with van der Waals surface area (Å²) in [6, 6.07) is 2.06. The summed E-state index contributed by atoms with van der Waals surface area (Å²) in [5, 5.41) is 14.4. The molecule has 1 aliphatic carbocycles. The van der Waals surface area contributed by atoms with Gasteiger partial charge in [-0.25, -0.2) is 0 Å². The maximum absolute atomic E-state index is 10.3. The molecule has 0 spiro atoms. The van der Waals surface area contributed by atoms with E-state index in [2.05, 4.69) is 23.8 Å². The van der Waals surface area contributed by atoms with Gasteiger partial charge in [0.05, 0.1) is 6.10 Å². The highest BCUT2D eigenvalue weighted by Crippen LogP contribution is 2.38. The predicted octanol–water partition coefficient (Wildman–Crippen LogP) is 4.00. The van der Waals surface area contributed by atoms with Crippen molar-refractivity contribution < 1.29 is 5.11 Å². The summed E-state index contributed by atoms with van der Waals surface area (Å²) in [5.74, 6) is 1.34. The molecule has 3 unspecified atom stereocenters. The summed E-state index contributed by atoms with van der Waals surface area (Å²) in [7, 11) is 0. The first-order valence-corrected chi connectivity index (χ1v) is 6.95. The highest BCUT2D eigenvalue weighted by atomic mass is 32.1. The van der Waals surface area contributed by atoms with Crippen LogP contribution in [0.4, 0.5) is 0 Å². The topological polar surface area (TPSA) is 20.2 Å². The van der Waals surface area contributed by atoms with E-state index in [4.69, 9.17) is 0 Å². The summed E-state index contributed by atoms with van der Waals surface area (Å²) < 4.78 is 0. The Bertz CT molecular complexity index is 281. The molecular weight excluding hydrogens is 204 g/mol. The van der Waals surface area contributed by atoms with E-state index in [0.29, 0.717) is 5.92 Å². The van der Waals surface area contributed by atoms with Gasteiger partial charge in [0.1, 0.15) is 0 Å². The number of aliphatic hydroxyl groups is 1. The first-order chi connectivity index (χ1) is 7.31. The Labute approximate surface area is 96.1 Å². The van der Waals surface area contributed by atoms with E-state index in [1.54, 1.807) is 11.3 Å². The largest absolute Gasteiger partial charge is 0.388 e. The molecule has 0 radical (unpaired) electrons. The third-order valence-corrected chi connectivity index (χ3v) is 4.43. The molecule has 0 amide bonds. The average Bonchev–Trinajstić information content (AvgIpc) is 2.81. The quantitative estimate of drug-likeness (QED) is 0.823. The monoisotopic (exact) mass is 224 g/mol. The highest BCUT2D eigenvalue weighted by molar-refractivity contribution is 7.07. The Kier molecular flexibility index (Phi) is 3.81. The van der Waals surface area contributed by atoms with Crippen LogP contribution in [0.5, 0.6) is 0 Å². The first-order valence-electron chi connectivity index (χ1n) is 6.01.